The van der Waals surface area contributed by atoms with E-state index in [4.69, 9.17) is 9.47 Å². The second-order valence-electron chi connectivity index (χ2n) is 5.89. The molecule has 2 N–H and O–H groups in total. The van der Waals surface area contributed by atoms with Gasteiger partial charge in [-0.25, -0.2) is 8.42 Å². The first kappa shape index (κ1) is 16.6. The van der Waals surface area contributed by atoms with Crippen LogP contribution in [0.3, 0.4) is 0 Å². The maximum Gasteiger partial charge on any atom is 0.265 e. The number of ether oxygens (including phenoxy) is 2. The normalized spacial score (nSPS) is 16.6. The number of rotatable bonds is 5. The molecule has 0 saturated heterocycles. The second-order valence-corrected chi connectivity index (χ2v) is 7.51. The third-order valence-corrected chi connectivity index (χ3v) is 5.50. The fourth-order valence-electron chi connectivity index (χ4n) is 2.93. The van der Waals surface area contributed by atoms with Gasteiger partial charge in [0.05, 0.1) is 23.7 Å². The predicted molar refractivity (Wildman–Crippen MR) is 90.3 cm³/mol. The van der Waals surface area contributed by atoms with Crippen LogP contribution in [0.15, 0.2) is 17.0 Å². The van der Waals surface area contributed by atoms with Crippen molar-refractivity contribution in [2.75, 3.05) is 11.3 Å². The van der Waals surface area contributed by atoms with Gasteiger partial charge in [0.25, 0.3) is 10.0 Å². The van der Waals surface area contributed by atoms with Crippen molar-refractivity contribution in [3.05, 3.63) is 29.1 Å². The molecule has 1 aliphatic heterocycles. The van der Waals surface area contributed by atoms with Gasteiger partial charge >= 0.3 is 0 Å². The fourth-order valence-corrected chi connectivity index (χ4v) is 4.36. The van der Waals surface area contributed by atoms with Crippen LogP contribution in [0.2, 0.25) is 0 Å². The van der Waals surface area contributed by atoms with Gasteiger partial charge in [-0.15, -0.1) is 0 Å². The maximum atomic E-state index is 12.8. The Balaban J connectivity index is 2.02. The van der Waals surface area contributed by atoms with Gasteiger partial charge in [-0.1, -0.05) is 0 Å². The molecule has 0 amide bonds. The molecule has 0 spiro atoms. The molecule has 0 bridgehead atoms. The monoisotopic (exact) mass is 351 g/mol. The predicted octanol–water partition coefficient (Wildman–Crippen LogP) is 2.55. The van der Waals surface area contributed by atoms with Gasteiger partial charge in [0.1, 0.15) is 22.5 Å². The lowest BCUT2D eigenvalue weighted by Gasteiger charge is -2.14. The average molecular weight is 351 g/mol. The van der Waals surface area contributed by atoms with Crippen molar-refractivity contribution in [2.45, 2.75) is 45.1 Å². The minimum absolute atomic E-state index is 0.0692. The molecule has 1 aromatic heterocycles. The summed E-state index contributed by atoms with van der Waals surface area (Å²) in [5.41, 5.74) is 2.29. The summed E-state index contributed by atoms with van der Waals surface area (Å²) in [5, 5.41) is 6.64. The van der Waals surface area contributed by atoms with Crippen LogP contribution >= 0.6 is 0 Å². The number of hydrogen-bond acceptors (Lipinski definition) is 5. The highest BCUT2D eigenvalue weighted by Crippen LogP contribution is 2.39. The molecule has 7 nitrogen and oxygen atoms in total. The molecule has 130 valence electrons. The van der Waals surface area contributed by atoms with E-state index in [-0.39, 0.29) is 11.0 Å². The van der Waals surface area contributed by atoms with Crippen LogP contribution in [0.5, 0.6) is 11.5 Å². The molecule has 0 fully saturated rings. The molecule has 8 heteroatoms. The first-order valence-corrected chi connectivity index (χ1v) is 9.31. The van der Waals surface area contributed by atoms with Crippen LogP contribution < -0.4 is 14.2 Å². The maximum absolute atomic E-state index is 12.8. The SMILES string of the molecule is CCOc1cc2c(cc1NS(=O)(=O)c1c(C)n[nH]c1C)O[C@H](C)C2. The molecule has 1 aromatic carbocycles. The summed E-state index contributed by atoms with van der Waals surface area (Å²) in [5.74, 6) is 1.18. The lowest BCUT2D eigenvalue weighted by Crippen LogP contribution is -2.15. The summed E-state index contributed by atoms with van der Waals surface area (Å²) in [4.78, 5) is 0.153. The summed E-state index contributed by atoms with van der Waals surface area (Å²) in [6.45, 7) is 7.59. The Kier molecular flexibility index (Phi) is 4.16. The van der Waals surface area contributed by atoms with Crippen molar-refractivity contribution >= 4 is 15.7 Å². The van der Waals surface area contributed by atoms with E-state index in [9.17, 15) is 8.42 Å². The quantitative estimate of drug-likeness (QED) is 0.863. The number of nitrogens with zero attached hydrogens (tertiary/aromatic N) is 1. The van der Waals surface area contributed by atoms with E-state index in [0.717, 1.165) is 12.0 Å². The topological polar surface area (TPSA) is 93.3 Å². The number of hydrogen-bond donors (Lipinski definition) is 2. The summed E-state index contributed by atoms with van der Waals surface area (Å²) in [6, 6.07) is 3.53. The molecule has 0 unspecified atom stereocenters. The number of aryl methyl sites for hydroxylation is 2. The molecule has 2 heterocycles. The lowest BCUT2D eigenvalue weighted by atomic mass is 10.1. The van der Waals surface area contributed by atoms with Crippen molar-refractivity contribution in [2.24, 2.45) is 0 Å². The van der Waals surface area contributed by atoms with Gasteiger partial charge in [0.15, 0.2) is 0 Å². The second kappa shape index (κ2) is 6.01. The number of fused-ring (bicyclic) bond motifs is 1. The smallest absolute Gasteiger partial charge is 0.265 e. The van der Waals surface area contributed by atoms with E-state index >= 15 is 0 Å². The molecule has 0 radical (unpaired) electrons. The van der Waals surface area contributed by atoms with E-state index in [0.29, 0.717) is 35.2 Å². The summed E-state index contributed by atoms with van der Waals surface area (Å²) >= 11 is 0. The summed E-state index contributed by atoms with van der Waals surface area (Å²) in [6.07, 6.45) is 0.849. The van der Waals surface area contributed by atoms with Crippen LogP contribution in [-0.2, 0) is 16.4 Å². The van der Waals surface area contributed by atoms with Gasteiger partial charge in [-0.2, -0.15) is 5.10 Å². The average Bonchev–Trinajstić information content (AvgIpc) is 3.00. The van der Waals surface area contributed by atoms with E-state index in [1.54, 1.807) is 19.9 Å². The Morgan fingerprint density at radius 1 is 1.42 bits per heavy atom. The first-order valence-electron chi connectivity index (χ1n) is 7.82. The highest BCUT2D eigenvalue weighted by molar-refractivity contribution is 7.92. The third-order valence-electron chi connectivity index (χ3n) is 3.87. The zero-order valence-electron chi connectivity index (χ0n) is 14.1. The van der Waals surface area contributed by atoms with Crippen molar-refractivity contribution in [3.8, 4) is 11.5 Å². The van der Waals surface area contributed by atoms with Crippen molar-refractivity contribution in [3.63, 3.8) is 0 Å². The highest BCUT2D eigenvalue weighted by atomic mass is 32.2. The van der Waals surface area contributed by atoms with E-state index in [2.05, 4.69) is 14.9 Å². The fraction of sp³-hybridized carbons (Fsp3) is 0.438. The number of H-pyrrole nitrogens is 1. The minimum atomic E-state index is -3.78. The van der Waals surface area contributed by atoms with Crippen molar-refractivity contribution in [1.29, 1.82) is 0 Å². The van der Waals surface area contributed by atoms with Gasteiger partial charge in [0, 0.05) is 18.1 Å². The number of nitrogens with one attached hydrogen (secondary N) is 2. The number of aromatic amines is 1. The lowest BCUT2D eigenvalue weighted by molar-refractivity contribution is 0.254. The Morgan fingerprint density at radius 2 is 2.17 bits per heavy atom. The molecule has 0 aliphatic carbocycles. The van der Waals surface area contributed by atoms with Crippen molar-refractivity contribution in [1.82, 2.24) is 10.2 Å². The standard InChI is InChI=1S/C16H21N3O4S/c1-5-22-15-7-12-6-9(2)23-14(12)8-13(15)19-24(20,21)16-10(3)17-18-11(16)4/h7-9,19H,5-6H2,1-4H3,(H,17,18)/t9-/m1/s1. The number of anilines is 1. The molecule has 0 saturated carbocycles. The third kappa shape index (κ3) is 2.93. The molecule has 1 atom stereocenters. The van der Waals surface area contributed by atoms with Gasteiger partial charge in [-0.3, -0.25) is 9.82 Å². The Morgan fingerprint density at radius 3 is 2.79 bits per heavy atom. The van der Waals surface area contributed by atoms with E-state index < -0.39 is 10.0 Å². The van der Waals surface area contributed by atoms with Crippen molar-refractivity contribution < 1.29 is 17.9 Å². The van der Waals surface area contributed by atoms with E-state index in [1.165, 1.54) is 0 Å². The molecule has 3 rings (SSSR count). The van der Waals surface area contributed by atoms with Crippen LogP contribution in [-0.4, -0.2) is 31.3 Å². The molecular weight excluding hydrogens is 330 g/mol. The molecule has 2 aromatic rings. The summed E-state index contributed by atoms with van der Waals surface area (Å²) in [7, 11) is -3.78. The largest absolute Gasteiger partial charge is 0.492 e. The highest BCUT2D eigenvalue weighted by Gasteiger charge is 2.26. The zero-order chi connectivity index (χ0) is 17.5. The number of benzene rings is 1. The van der Waals surface area contributed by atoms with Crippen LogP contribution in [0.4, 0.5) is 5.69 Å². The molecule has 24 heavy (non-hydrogen) atoms. The Bertz CT molecular complexity index is 854. The minimum Gasteiger partial charge on any atom is -0.492 e. The Labute approximate surface area is 141 Å². The number of sulfonamides is 1. The zero-order valence-corrected chi connectivity index (χ0v) is 15.0. The van der Waals surface area contributed by atoms with E-state index in [1.807, 2.05) is 19.9 Å². The van der Waals surface area contributed by atoms with Gasteiger partial charge in [-0.05, 0) is 33.8 Å². The van der Waals surface area contributed by atoms with Gasteiger partial charge < -0.3 is 9.47 Å². The van der Waals surface area contributed by atoms with Crippen LogP contribution in [0, 0.1) is 13.8 Å². The van der Waals surface area contributed by atoms with Crippen LogP contribution in [0.1, 0.15) is 30.8 Å². The molecular formula is C16H21N3O4S. The van der Waals surface area contributed by atoms with Gasteiger partial charge in [0.2, 0.25) is 0 Å². The Hall–Kier alpha value is -2.22. The summed E-state index contributed by atoms with van der Waals surface area (Å²) < 4.78 is 39.5. The first-order chi connectivity index (χ1) is 11.3. The molecule has 1 aliphatic rings. The van der Waals surface area contributed by atoms with Crippen LogP contribution in [0.25, 0.3) is 0 Å². The number of aromatic nitrogens is 2.